The molecule has 0 saturated carbocycles. The summed E-state index contributed by atoms with van der Waals surface area (Å²) in [6.45, 7) is 4.68. The van der Waals surface area contributed by atoms with Gasteiger partial charge >= 0.3 is 0 Å². The van der Waals surface area contributed by atoms with Crippen LogP contribution in [0.2, 0.25) is 0 Å². The Kier molecular flexibility index (Phi) is 12.4. The lowest BCUT2D eigenvalue weighted by molar-refractivity contribution is -0.112. The first-order valence-corrected chi connectivity index (χ1v) is 1.85. The van der Waals surface area contributed by atoms with E-state index >= 15 is 0 Å². The predicted molar refractivity (Wildman–Crippen MR) is 29.0 cm³/mol. The van der Waals surface area contributed by atoms with Crippen molar-refractivity contribution in [1.82, 2.24) is 0 Å². The zero-order valence-corrected chi connectivity index (χ0v) is 4.64. The van der Waals surface area contributed by atoms with Crippen LogP contribution >= 0.6 is 0 Å². The molecule has 1 N–H and O–H groups in total. The number of aliphatic hydroxyl groups is 1. The van der Waals surface area contributed by atoms with E-state index < -0.39 is 0 Å². The summed E-state index contributed by atoms with van der Waals surface area (Å²) in [4.78, 5) is 9.69. The van der Waals surface area contributed by atoms with E-state index in [2.05, 4.69) is 6.58 Å². The molecule has 0 aromatic heterocycles. The van der Waals surface area contributed by atoms with E-state index in [0.29, 0.717) is 0 Å². The zero-order valence-electron chi connectivity index (χ0n) is 4.64. The molecular formula is C5H10O2. The number of carbonyl (C=O) groups excluding carboxylic acids is 1. The molecule has 2 heteroatoms. The van der Waals surface area contributed by atoms with E-state index in [9.17, 15) is 4.79 Å². The summed E-state index contributed by atoms with van der Waals surface area (Å²) in [5.74, 6) is 0.0185. The molecule has 7 heavy (non-hydrogen) atoms. The van der Waals surface area contributed by atoms with Crippen LogP contribution in [0.3, 0.4) is 0 Å². The fourth-order valence-corrected chi connectivity index (χ4v) is 0. The van der Waals surface area contributed by atoms with Crippen molar-refractivity contribution in [3.8, 4) is 0 Å². The van der Waals surface area contributed by atoms with Crippen molar-refractivity contribution in [3.05, 3.63) is 12.7 Å². The van der Waals surface area contributed by atoms with Crippen LogP contribution in [-0.2, 0) is 4.79 Å². The van der Waals surface area contributed by atoms with Crippen LogP contribution in [0.15, 0.2) is 12.7 Å². The van der Waals surface area contributed by atoms with Crippen LogP contribution in [-0.4, -0.2) is 18.0 Å². The van der Waals surface area contributed by atoms with Gasteiger partial charge in [-0.05, 0) is 13.0 Å². The third kappa shape index (κ3) is 32.5. The lowest BCUT2D eigenvalue weighted by Crippen LogP contribution is -1.74. The number of ketones is 1. The lowest BCUT2D eigenvalue weighted by atomic mass is 10.5. The zero-order chi connectivity index (χ0) is 6.28. The highest BCUT2D eigenvalue weighted by Crippen LogP contribution is 1.60. The van der Waals surface area contributed by atoms with E-state index in [1.807, 2.05) is 0 Å². The first-order valence-electron chi connectivity index (χ1n) is 1.85. The number of aliphatic hydroxyl groups excluding tert-OH is 1. The Bertz CT molecular complexity index is 57.1. The molecule has 0 aromatic rings. The number of rotatable bonds is 1. The average Bonchev–Trinajstić information content (AvgIpc) is 1.73. The number of hydrogen-bond donors (Lipinski definition) is 1. The van der Waals surface area contributed by atoms with Gasteiger partial charge in [0.15, 0.2) is 5.78 Å². The molecule has 0 amide bonds. The third-order valence-electron chi connectivity index (χ3n) is 0.287. The summed E-state index contributed by atoms with van der Waals surface area (Å²) >= 11 is 0. The SMILES string of the molecule is C=CC(C)=O.CO. The van der Waals surface area contributed by atoms with Crippen LogP contribution in [0.25, 0.3) is 0 Å². The Morgan fingerprint density at radius 1 is 1.71 bits per heavy atom. The third-order valence-corrected chi connectivity index (χ3v) is 0.287. The van der Waals surface area contributed by atoms with Gasteiger partial charge in [0, 0.05) is 7.11 Å². The van der Waals surface area contributed by atoms with Gasteiger partial charge in [0.1, 0.15) is 0 Å². The second kappa shape index (κ2) is 9.03. The van der Waals surface area contributed by atoms with Crippen molar-refractivity contribution in [1.29, 1.82) is 0 Å². The normalized spacial score (nSPS) is 5.57. The fourth-order valence-electron chi connectivity index (χ4n) is 0. The maximum Gasteiger partial charge on any atom is 0.152 e. The van der Waals surface area contributed by atoms with Crippen LogP contribution < -0.4 is 0 Å². The summed E-state index contributed by atoms with van der Waals surface area (Å²) in [6, 6.07) is 0. The van der Waals surface area contributed by atoms with Crippen molar-refractivity contribution in [3.63, 3.8) is 0 Å². The molecule has 42 valence electrons. The second-order valence-corrected chi connectivity index (χ2v) is 0.815. The van der Waals surface area contributed by atoms with Crippen LogP contribution in [0.5, 0.6) is 0 Å². The molecule has 0 aromatic carbocycles. The fraction of sp³-hybridized carbons (Fsp3) is 0.400. The highest BCUT2D eigenvalue weighted by atomic mass is 16.2. The predicted octanol–water partition coefficient (Wildman–Crippen LogP) is 0.370. The Hall–Kier alpha value is -0.630. The first kappa shape index (κ1) is 9.62. The Morgan fingerprint density at radius 2 is 1.86 bits per heavy atom. The lowest BCUT2D eigenvalue weighted by Gasteiger charge is -1.62. The van der Waals surface area contributed by atoms with Crippen LogP contribution in [0, 0.1) is 0 Å². The minimum Gasteiger partial charge on any atom is -0.400 e. The smallest absolute Gasteiger partial charge is 0.152 e. The Morgan fingerprint density at radius 3 is 1.86 bits per heavy atom. The first-order chi connectivity index (χ1) is 3.27. The van der Waals surface area contributed by atoms with E-state index in [1.165, 1.54) is 13.0 Å². The maximum atomic E-state index is 9.69. The molecule has 0 aliphatic carbocycles. The molecular weight excluding hydrogens is 92.1 g/mol. The largest absolute Gasteiger partial charge is 0.400 e. The molecule has 0 aliphatic rings. The topological polar surface area (TPSA) is 37.3 Å². The highest BCUT2D eigenvalue weighted by molar-refractivity contribution is 5.86. The molecule has 2 nitrogen and oxygen atoms in total. The monoisotopic (exact) mass is 102 g/mol. The summed E-state index contributed by atoms with van der Waals surface area (Å²) in [7, 11) is 1.00. The van der Waals surface area contributed by atoms with Gasteiger partial charge < -0.3 is 5.11 Å². The van der Waals surface area contributed by atoms with Crippen molar-refractivity contribution >= 4 is 5.78 Å². The minimum atomic E-state index is 0.0185. The molecule has 0 spiro atoms. The van der Waals surface area contributed by atoms with Crippen molar-refractivity contribution in [2.45, 2.75) is 6.92 Å². The molecule has 0 aliphatic heterocycles. The number of carbonyl (C=O) groups is 1. The summed E-state index contributed by atoms with van der Waals surface area (Å²) in [5.41, 5.74) is 0. The molecule has 0 atom stereocenters. The molecule has 0 rings (SSSR count). The average molecular weight is 102 g/mol. The molecule has 0 heterocycles. The van der Waals surface area contributed by atoms with Gasteiger partial charge in [0.05, 0.1) is 0 Å². The van der Waals surface area contributed by atoms with Gasteiger partial charge in [-0.1, -0.05) is 6.58 Å². The Balaban J connectivity index is 0. The van der Waals surface area contributed by atoms with Gasteiger partial charge in [-0.25, -0.2) is 0 Å². The number of allylic oxidation sites excluding steroid dienone is 1. The molecule has 0 saturated heterocycles. The molecule has 0 bridgehead atoms. The summed E-state index contributed by atoms with van der Waals surface area (Å²) in [5, 5.41) is 7.00. The summed E-state index contributed by atoms with van der Waals surface area (Å²) in [6.07, 6.45) is 1.28. The van der Waals surface area contributed by atoms with Gasteiger partial charge in [-0.15, -0.1) is 0 Å². The van der Waals surface area contributed by atoms with Crippen LogP contribution in [0.4, 0.5) is 0 Å². The van der Waals surface area contributed by atoms with Crippen molar-refractivity contribution in [2.24, 2.45) is 0 Å². The number of hydrogen-bond acceptors (Lipinski definition) is 2. The van der Waals surface area contributed by atoms with Gasteiger partial charge in [-0.2, -0.15) is 0 Å². The van der Waals surface area contributed by atoms with Gasteiger partial charge in [0.25, 0.3) is 0 Å². The molecule has 0 unspecified atom stereocenters. The standard InChI is InChI=1S/C4H6O.CH4O/c1-3-4(2)5;1-2/h3H,1H2,2H3;2H,1H3. The van der Waals surface area contributed by atoms with E-state index in [-0.39, 0.29) is 5.78 Å². The maximum absolute atomic E-state index is 9.69. The van der Waals surface area contributed by atoms with Gasteiger partial charge in [-0.3, -0.25) is 4.79 Å². The van der Waals surface area contributed by atoms with E-state index in [4.69, 9.17) is 5.11 Å². The molecule has 0 fully saturated rings. The Labute approximate surface area is 43.5 Å². The summed E-state index contributed by atoms with van der Waals surface area (Å²) < 4.78 is 0. The quantitative estimate of drug-likeness (QED) is 0.486. The molecule has 0 radical (unpaired) electrons. The van der Waals surface area contributed by atoms with E-state index in [0.717, 1.165) is 7.11 Å². The second-order valence-electron chi connectivity index (χ2n) is 0.815. The van der Waals surface area contributed by atoms with Crippen molar-refractivity contribution in [2.75, 3.05) is 7.11 Å². The minimum absolute atomic E-state index is 0.0185. The van der Waals surface area contributed by atoms with E-state index in [1.54, 1.807) is 0 Å². The van der Waals surface area contributed by atoms with Gasteiger partial charge in [0.2, 0.25) is 0 Å². The van der Waals surface area contributed by atoms with Crippen LogP contribution in [0.1, 0.15) is 6.92 Å². The highest BCUT2D eigenvalue weighted by Gasteiger charge is 1.69. The van der Waals surface area contributed by atoms with Crippen molar-refractivity contribution < 1.29 is 9.90 Å².